The molecule has 4 nitrogen and oxygen atoms in total. The molecule has 0 N–H and O–H groups in total. The van der Waals surface area contributed by atoms with E-state index >= 15 is 0 Å². The Labute approximate surface area is 85.0 Å². The molecule has 0 amide bonds. The molecule has 1 saturated carbocycles. The maximum Gasteiger partial charge on any atom is 0.277 e. The van der Waals surface area contributed by atoms with E-state index in [0.717, 1.165) is 16.5 Å². The number of thiazole rings is 1. The molecule has 0 bridgehead atoms. The van der Waals surface area contributed by atoms with E-state index in [1.165, 1.54) is 12.8 Å². The SMILES string of the molecule is Cc1nc(-c2nc(C3CC3)no2)cs1. The van der Waals surface area contributed by atoms with Gasteiger partial charge in [0.25, 0.3) is 5.89 Å². The zero-order valence-corrected chi connectivity index (χ0v) is 8.54. The smallest absolute Gasteiger partial charge is 0.277 e. The third-order valence-corrected chi connectivity index (χ3v) is 3.00. The zero-order valence-electron chi connectivity index (χ0n) is 7.73. The number of hydrogen-bond acceptors (Lipinski definition) is 5. The Morgan fingerprint density at radius 3 is 2.93 bits per heavy atom. The van der Waals surface area contributed by atoms with E-state index in [1.54, 1.807) is 11.3 Å². The van der Waals surface area contributed by atoms with Gasteiger partial charge in [-0.15, -0.1) is 11.3 Å². The van der Waals surface area contributed by atoms with Gasteiger partial charge in [0.1, 0.15) is 5.69 Å². The second kappa shape index (κ2) is 2.88. The van der Waals surface area contributed by atoms with Crippen molar-refractivity contribution in [3.05, 3.63) is 16.2 Å². The number of aromatic nitrogens is 3. The Kier molecular flexibility index (Phi) is 1.67. The highest BCUT2D eigenvalue weighted by atomic mass is 32.1. The monoisotopic (exact) mass is 207 g/mol. The van der Waals surface area contributed by atoms with Crippen molar-refractivity contribution < 1.29 is 4.52 Å². The predicted molar refractivity (Wildman–Crippen MR) is 52.1 cm³/mol. The molecule has 2 aromatic heterocycles. The molecule has 1 aliphatic rings. The quantitative estimate of drug-likeness (QED) is 0.758. The first-order chi connectivity index (χ1) is 6.83. The summed E-state index contributed by atoms with van der Waals surface area (Å²) in [4.78, 5) is 8.62. The Hall–Kier alpha value is -1.23. The Morgan fingerprint density at radius 1 is 1.43 bits per heavy atom. The fraction of sp³-hybridized carbons (Fsp3) is 0.444. The maximum atomic E-state index is 5.15. The standard InChI is InChI=1S/C9H9N3OS/c1-5-10-7(4-14-5)9-11-8(12-13-9)6-2-3-6/h4,6H,2-3H2,1H3. The second-order valence-electron chi connectivity index (χ2n) is 3.48. The summed E-state index contributed by atoms with van der Waals surface area (Å²) in [6, 6.07) is 0. The van der Waals surface area contributed by atoms with Gasteiger partial charge in [-0.3, -0.25) is 0 Å². The molecule has 14 heavy (non-hydrogen) atoms. The second-order valence-corrected chi connectivity index (χ2v) is 4.55. The molecular weight excluding hydrogens is 198 g/mol. The lowest BCUT2D eigenvalue weighted by atomic mass is 10.4. The van der Waals surface area contributed by atoms with Gasteiger partial charge in [-0.2, -0.15) is 4.98 Å². The van der Waals surface area contributed by atoms with Gasteiger partial charge in [-0.25, -0.2) is 4.98 Å². The molecule has 1 aliphatic carbocycles. The minimum Gasteiger partial charge on any atom is -0.332 e. The van der Waals surface area contributed by atoms with Crippen LogP contribution in [0.25, 0.3) is 11.6 Å². The van der Waals surface area contributed by atoms with Crippen LogP contribution in [0, 0.1) is 6.92 Å². The van der Waals surface area contributed by atoms with Crippen LogP contribution in [0.1, 0.15) is 29.6 Å². The van der Waals surface area contributed by atoms with Gasteiger partial charge in [0.2, 0.25) is 0 Å². The maximum absolute atomic E-state index is 5.15. The average Bonchev–Trinajstić information content (AvgIpc) is 2.76. The molecule has 0 aromatic carbocycles. The van der Waals surface area contributed by atoms with Crippen molar-refractivity contribution in [1.29, 1.82) is 0 Å². The fourth-order valence-corrected chi connectivity index (χ4v) is 1.89. The van der Waals surface area contributed by atoms with Gasteiger partial charge >= 0.3 is 0 Å². The molecular formula is C9H9N3OS. The molecule has 2 heterocycles. The third-order valence-electron chi connectivity index (χ3n) is 2.22. The zero-order chi connectivity index (χ0) is 9.54. The highest BCUT2D eigenvalue weighted by Crippen LogP contribution is 2.38. The van der Waals surface area contributed by atoms with E-state index < -0.39 is 0 Å². The van der Waals surface area contributed by atoms with E-state index in [9.17, 15) is 0 Å². The number of aryl methyl sites for hydroxylation is 1. The summed E-state index contributed by atoms with van der Waals surface area (Å²) in [5.74, 6) is 1.93. The molecule has 0 saturated heterocycles. The van der Waals surface area contributed by atoms with E-state index in [4.69, 9.17) is 4.52 Å². The van der Waals surface area contributed by atoms with Gasteiger partial charge < -0.3 is 4.52 Å². The summed E-state index contributed by atoms with van der Waals surface area (Å²) in [5.41, 5.74) is 0.798. The normalized spacial score (nSPS) is 16.1. The Bertz CT molecular complexity index is 458. The van der Waals surface area contributed by atoms with Gasteiger partial charge in [0, 0.05) is 11.3 Å². The predicted octanol–water partition coefficient (Wildman–Crippen LogP) is 2.38. The summed E-state index contributed by atoms with van der Waals surface area (Å²) >= 11 is 1.59. The minimum atomic E-state index is 0.534. The number of nitrogens with zero attached hydrogens (tertiary/aromatic N) is 3. The summed E-state index contributed by atoms with van der Waals surface area (Å²) < 4.78 is 5.15. The molecule has 2 aromatic rings. The lowest BCUT2D eigenvalue weighted by molar-refractivity contribution is 0.421. The molecule has 3 rings (SSSR count). The van der Waals surface area contributed by atoms with Crippen LogP contribution in [-0.2, 0) is 0 Å². The van der Waals surface area contributed by atoms with Crippen molar-refractivity contribution in [2.45, 2.75) is 25.7 Å². The van der Waals surface area contributed by atoms with E-state index in [1.807, 2.05) is 12.3 Å². The number of hydrogen-bond donors (Lipinski definition) is 0. The molecule has 0 radical (unpaired) electrons. The van der Waals surface area contributed by atoms with Crippen LogP contribution in [0.5, 0.6) is 0 Å². The van der Waals surface area contributed by atoms with Crippen LogP contribution in [0.2, 0.25) is 0 Å². The highest BCUT2D eigenvalue weighted by Gasteiger charge is 2.29. The summed E-state index contributed by atoms with van der Waals surface area (Å²) in [7, 11) is 0. The summed E-state index contributed by atoms with van der Waals surface area (Å²) in [5, 5.41) is 6.91. The van der Waals surface area contributed by atoms with Crippen molar-refractivity contribution >= 4 is 11.3 Å². The van der Waals surface area contributed by atoms with Crippen LogP contribution in [0.3, 0.4) is 0 Å². The molecule has 72 valence electrons. The summed E-state index contributed by atoms with van der Waals surface area (Å²) in [6.07, 6.45) is 2.38. The summed E-state index contributed by atoms with van der Waals surface area (Å²) in [6.45, 7) is 1.96. The van der Waals surface area contributed by atoms with E-state index in [2.05, 4.69) is 15.1 Å². The fourth-order valence-electron chi connectivity index (χ4n) is 1.31. The van der Waals surface area contributed by atoms with Gasteiger partial charge in [0.05, 0.1) is 5.01 Å². The molecule has 5 heteroatoms. The van der Waals surface area contributed by atoms with Crippen molar-refractivity contribution in [3.8, 4) is 11.6 Å². The van der Waals surface area contributed by atoms with E-state index in [0.29, 0.717) is 11.8 Å². The van der Waals surface area contributed by atoms with Crippen LogP contribution < -0.4 is 0 Å². The van der Waals surface area contributed by atoms with Crippen LogP contribution in [0.15, 0.2) is 9.90 Å². The molecule has 0 unspecified atom stereocenters. The largest absolute Gasteiger partial charge is 0.332 e. The van der Waals surface area contributed by atoms with Crippen LogP contribution >= 0.6 is 11.3 Å². The van der Waals surface area contributed by atoms with Crippen molar-refractivity contribution in [2.75, 3.05) is 0 Å². The Balaban J connectivity index is 1.95. The lowest BCUT2D eigenvalue weighted by Crippen LogP contribution is -1.82. The number of rotatable bonds is 2. The third kappa shape index (κ3) is 1.33. The van der Waals surface area contributed by atoms with Crippen molar-refractivity contribution in [2.24, 2.45) is 0 Å². The molecule has 0 aliphatic heterocycles. The lowest BCUT2D eigenvalue weighted by Gasteiger charge is -1.82. The van der Waals surface area contributed by atoms with Crippen molar-refractivity contribution in [1.82, 2.24) is 15.1 Å². The van der Waals surface area contributed by atoms with Gasteiger partial charge in [-0.05, 0) is 19.8 Å². The first kappa shape index (κ1) is 8.11. The first-order valence-electron chi connectivity index (χ1n) is 4.59. The first-order valence-corrected chi connectivity index (χ1v) is 5.47. The topological polar surface area (TPSA) is 51.8 Å². The van der Waals surface area contributed by atoms with E-state index in [-0.39, 0.29) is 0 Å². The minimum absolute atomic E-state index is 0.534. The molecule has 0 atom stereocenters. The van der Waals surface area contributed by atoms with Crippen LogP contribution in [-0.4, -0.2) is 15.1 Å². The average molecular weight is 207 g/mol. The molecule has 1 fully saturated rings. The Morgan fingerprint density at radius 2 is 2.29 bits per heavy atom. The van der Waals surface area contributed by atoms with Gasteiger partial charge in [0.15, 0.2) is 5.82 Å². The highest BCUT2D eigenvalue weighted by molar-refractivity contribution is 7.09. The van der Waals surface area contributed by atoms with Crippen molar-refractivity contribution in [3.63, 3.8) is 0 Å². The van der Waals surface area contributed by atoms with Crippen LogP contribution in [0.4, 0.5) is 0 Å². The van der Waals surface area contributed by atoms with Gasteiger partial charge in [-0.1, -0.05) is 5.16 Å². The molecule has 0 spiro atoms.